The SMILES string of the molecule is c1ccc(-c2ccc3c(c2)c2cc(-c4ccccc4)ccc2n3-c2ccc3c(c2)c2cc(-n4c5ccccc5c5ccccc54)ccc2n3-c2ccccc2)cc1. The van der Waals surface area contributed by atoms with Gasteiger partial charge in [-0.15, -0.1) is 0 Å². The molecule has 0 saturated heterocycles. The number of benzene rings is 9. The highest BCUT2D eigenvalue weighted by Gasteiger charge is 2.19. The molecular formula is C54H35N3. The normalized spacial score (nSPS) is 11.9. The molecule has 3 heteroatoms. The first-order chi connectivity index (χ1) is 28.3. The number of fused-ring (bicyclic) bond motifs is 9. The minimum atomic E-state index is 1.14. The van der Waals surface area contributed by atoms with Crippen molar-refractivity contribution < 1.29 is 0 Å². The van der Waals surface area contributed by atoms with E-state index in [1.165, 1.54) is 87.7 Å². The molecule has 0 aliphatic heterocycles. The van der Waals surface area contributed by atoms with Gasteiger partial charge in [0.15, 0.2) is 0 Å². The third kappa shape index (κ3) is 4.86. The van der Waals surface area contributed by atoms with Gasteiger partial charge in [0.25, 0.3) is 0 Å². The van der Waals surface area contributed by atoms with E-state index in [2.05, 4.69) is 226 Å². The van der Waals surface area contributed by atoms with Crippen LogP contribution in [0.2, 0.25) is 0 Å². The maximum absolute atomic E-state index is 2.45. The van der Waals surface area contributed by atoms with Gasteiger partial charge >= 0.3 is 0 Å². The zero-order valence-corrected chi connectivity index (χ0v) is 31.0. The molecule has 12 rings (SSSR count). The van der Waals surface area contributed by atoms with Crippen molar-refractivity contribution >= 4 is 65.4 Å². The molecule has 3 heterocycles. The number of rotatable bonds is 5. The van der Waals surface area contributed by atoms with Crippen LogP contribution in [0.3, 0.4) is 0 Å². The molecule has 12 aromatic rings. The quantitative estimate of drug-likeness (QED) is 0.168. The molecule has 3 nitrogen and oxygen atoms in total. The number of nitrogens with zero attached hydrogens (tertiary/aromatic N) is 3. The van der Waals surface area contributed by atoms with Gasteiger partial charge in [-0.1, -0.05) is 127 Å². The first kappa shape index (κ1) is 31.7. The summed E-state index contributed by atoms with van der Waals surface area (Å²) in [5.74, 6) is 0. The molecule has 0 fully saturated rings. The van der Waals surface area contributed by atoms with Gasteiger partial charge in [0.05, 0.1) is 33.1 Å². The summed E-state index contributed by atoms with van der Waals surface area (Å²) >= 11 is 0. The minimum absolute atomic E-state index is 1.14. The molecule has 57 heavy (non-hydrogen) atoms. The van der Waals surface area contributed by atoms with E-state index in [0.29, 0.717) is 0 Å². The van der Waals surface area contributed by atoms with Gasteiger partial charge in [0, 0.05) is 49.4 Å². The first-order valence-electron chi connectivity index (χ1n) is 19.6. The average Bonchev–Trinajstić information content (AvgIpc) is 3.92. The maximum atomic E-state index is 2.45. The van der Waals surface area contributed by atoms with E-state index in [1.54, 1.807) is 0 Å². The van der Waals surface area contributed by atoms with Crippen LogP contribution in [0, 0.1) is 0 Å². The smallest absolute Gasteiger partial charge is 0.0542 e. The monoisotopic (exact) mass is 725 g/mol. The summed E-state index contributed by atoms with van der Waals surface area (Å²) in [7, 11) is 0. The number of hydrogen-bond donors (Lipinski definition) is 0. The molecule has 0 amide bonds. The van der Waals surface area contributed by atoms with Crippen LogP contribution in [0.15, 0.2) is 212 Å². The Bertz CT molecular complexity index is 3350. The van der Waals surface area contributed by atoms with Gasteiger partial charge in [-0.3, -0.25) is 0 Å². The number of hydrogen-bond acceptors (Lipinski definition) is 0. The van der Waals surface area contributed by atoms with E-state index >= 15 is 0 Å². The fraction of sp³-hybridized carbons (Fsp3) is 0. The third-order valence-electron chi connectivity index (χ3n) is 11.8. The second kappa shape index (κ2) is 12.5. The van der Waals surface area contributed by atoms with Gasteiger partial charge in [0.2, 0.25) is 0 Å². The second-order valence-corrected chi connectivity index (χ2v) is 15.0. The Labute approximate surface area is 329 Å². The van der Waals surface area contributed by atoms with Gasteiger partial charge in [-0.25, -0.2) is 0 Å². The first-order valence-corrected chi connectivity index (χ1v) is 19.6. The lowest BCUT2D eigenvalue weighted by atomic mass is 10.0. The molecule has 0 unspecified atom stereocenters. The zero-order valence-electron chi connectivity index (χ0n) is 31.0. The van der Waals surface area contributed by atoms with Crippen molar-refractivity contribution in [3.8, 4) is 39.3 Å². The Morgan fingerprint density at radius 2 is 0.526 bits per heavy atom. The summed E-state index contributed by atoms with van der Waals surface area (Å²) in [6.07, 6.45) is 0. The summed E-state index contributed by atoms with van der Waals surface area (Å²) in [5.41, 5.74) is 15.4. The Morgan fingerprint density at radius 1 is 0.193 bits per heavy atom. The molecule has 0 spiro atoms. The molecule has 0 aliphatic carbocycles. The van der Waals surface area contributed by atoms with Crippen LogP contribution < -0.4 is 0 Å². The van der Waals surface area contributed by atoms with Crippen LogP contribution in [0.1, 0.15) is 0 Å². The largest absolute Gasteiger partial charge is 0.309 e. The zero-order chi connectivity index (χ0) is 37.5. The fourth-order valence-electron chi connectivity index (χ4n) is 9.26. The summed E-state index contributed by atoms with van der Waals surface area (Å²) in [6.45, 7) is 0. The molecule has 9 aromatic carbocycles. The van der Waals surface area contributed by atoms with Crippen LogP contribution in [-0.4, -0.2) is 13.7 Å². The molecule has 0 aliphatic rings. The van der Waals surface area contributed by atoms with Crippen molar-refractivity contribution in [2.45, 2.75) is 0 Å². The molecule has 0 saturated carbocycles. The predicted octanol–water partition coefficient (Wildman–Crippen LogP) is 14.3. The van der Waals surface area contributed by atoms with Crippen molar-refractivity contribution in [1.29, 1.82) is 0 Å². The van der Waals surface area contributed by atoms with Crippen molar-refractivity contribution in [2.75, 3.05) is 0 Å². The third-order valence-corrected chi connectivity index (χ3v) is 11.8. The van der Waals surface area contributed by atoms with Crippen LogP contribution in [0.5, 0.6) is 0 Å². The Morgan fingerprint density at radius 3 is 0.982 bits per heavy atom. The molecule has 266 valence electrons. The van der Waals surface area contributed by atoms with Crippen LogP contribution >= 0.6 is 0 Å². The average molecular weight is 726 g/mol. The predicted molar refractivity (Wildman–Crippen MR) is 240 cm³/mol. The fourth-order valence-corrected chi connectivity index (χ4v) is 9.26. The molecule has 0 bridgehead atoms. The number of para-hydroxylation sites is 3. The summed E-state index contributed by atoms with van der Waals surface area (Å²) in [6, 6.07) is 77.5. The van der Waals surface area contributed by atoms with Crippen molar-refractivity contribution in [2.24, 2.45) is 0 Å². The molecular weight excluding hydrogens is 691 g/mol. The highest BCUT2D eigenvalue weighted by Crippen LogP contribution is 2.41. The second-order valence-electron chi connectivity index (χ2n) is 15.0. The summed E-state index contributed by atoms with van der Waals surface area (Å²) in [4.78, 5) is 0. The lowest BCUT2D eigenvalue weighted by Gasteiger charge is -2.11. The standard InChI is InChI=1S/C54H35N3/c1-4-14-36(15-5-1)38-24-28-51-45(32-38)46-33-39(37-16-6-2-7-17-37)25-29-52(46)57(51)42-27-31-54-48(35-42)47-34-41(26-30-53(47)55(54)40-18-8-3-9-19-40)56-49-22-12-10-20-43(49)44-21-11-13-23-50(44)56/h1-35H. The lowest BCUT2D eigenvalue weighted by Crippen LogP contribution is -1.96. The number of aromatic nitrogens is 3. The van der Waals surface area contributed by atoms with Crippen LogP contribution in [0.25, 0.3) is 105 Å². The van der Waals surface area contributed by atoms with Crippen molar-refractivity contribution in [1.82, 2.24) is 13.7 Å². The van der Waals surface area contributed by atoms with E-state index in [9.17, 15) is 0 Å². The van der Waals surface area contributed by atoms with Gasteiger partial charge < -0.3 is 13.7 Å². The molecule has 0 atom stereocenters. The topological polar surface area (TPSA) is 14.8 Å². The van der Waals surface area contributed by atoms with Gasteiger partial charge in [-0.2, -0.15) is 0 Å². The van der Waals surface area contributed by atoms with Crippen molar-refractivity contribution in [3.63, 3.8) is 0 Å². The van der Waals surface area contributed by atoms with Crippen LogP contribution in [0.4, 0.5) is 0 Å². The Balaban J connectivity index is 1.13. The van der Waals surface area contributed by atoms with Crippen molar-refractivity contribution in [3.05, 3.63) is 212 Å². The molecule has 3 aromatic heterocycles. The Kier molecular flexibility index (Phi) is 6.93. The maximum Gasteiger partial charge on any atom is 0.0542 e. The Hall–Kier alpha value is -7.62. The van der Waals surface area contributed by atoms with Gasteiger partial charge in [-0.05, 0) is 107 Å². The molecule has 0 radical (unpaired) electrons. The van der Waals surface area contributed by atoms with Gasteiger partial charge in [0.1, 0.15) is 0 Å². The van der Waals surface area contributed by atoms with E-state index in [1.807, 2.05) is 0 Å². The highest BCUT2D eigenvalue weighted by atomic mass is 15.0. The summed E-state index contributed by atoms with van der Waals surface area (Å²) < 4.78 is 7.28. The van der Waals surface area contributed by atoms with E-state index in [4.69, 9.17) is 0 Å². The minimum Gasteiger partial charge on any atom is -0.309 e. The van der Waals surface area contributed by atoms with E-state index < -0.39 is 0 Å². The lowest BCUT2D eigenvalue weighted by molar-refractivity contribution is 1.16. The summed E-state index contributed by atoms with van der Waals surface area (Å²) in [5, 5.41) is 7.44. The molecule has 0 N–H and O–H groups in total. The highest BCUT2D eigenvalue weighted by molar-refractivity contribution is 6.15. The van der Waals surface area contributed by atoms with Crippen LogP contribution in [-0.2, 0) is 0 Å². The van der Waals surface area contributed by atoms with E-state index in [0.717, 1.165) is 17.1 Å². The van der Waals surface area contributed by atoms with E-state index in [-0.39, 0.29) is 0 Å².